The van der Waals surface area contributed by atoms with E-state index in [2.05, 4.69) is 10.3 Å². The largest absolute Gasteiger partial charge is 0.352 e. The van der Waals surface area contributed by atoms with Gasteiger partial charge in [0.15, 0.2) is 5.78 Å². The molecule has 2 aromatic rings. The molecule has 0 saturated heterocycles. The number of likely N-dealkylation sites (N-methyl/N-ethyl adjacent to an activating group) is 1. The first-order valence-corrected chi connectivity index (χ1v) is 8.16. The molecule has 0 fully saturated rings. The van der Waals surface area contributed by atoms with Gasteiger partial charge < -0.3 is 10.2 Å². The summed E-state index contributed by atoms with van der Waals surface area (Å²) in [7, 11) is 1.72. The van der Waals surface area contributed by atoms with Crippen LogP contribution in [0.2, 0.25) is 5.15 Å². The molecule has 2 heterocycles. The quantitative estimate of drug-likeness (QED) is 0.657. The van der Waals surface area contributed by atoms with E-state index in [0.29, 0.717) is 17.5 Å². The zero-order chi connectivity index (χ0) is 18.0. The molecule has 0 bridgehead atoms. The van der Waals surface area contributed by atoms with E-state index in [-0.39, 0.29) is 35.7 Å². The highest BCUT2D eigenvalue weighted by atomic mass is 35.5. The number of amides is 2. The second kappa shape index (κ2) is 7.03. The van der Waals surface area contributed by atoms with Gasteiger partial charge in [0.05, 0.1) is 6.42 Å². The number of ketones is 1. The average Bonchev–Trinajstić information content (AvgIpc) is 2.88. The molecular formula is C18H16ClN3O3. The third kappa shape index (κ3) is 3.69. The van der Waals surface area contributed by atoms with E-state index >= 15 is 0 Å². The van der Waals surface area contributed by atoms with Crippen molar-refractivity contribution < 1.29 is 14.4 Å². The van der Waals surface area contributed by atoms with E-state index in [4.69, 9.17) is 11.6 Å². The number of carbonyl (C=O) groups is 3. The molecule has 1 aliphatic heterocycles. The Morgan fingerprint density at radius 3 is 2.80 bits per heavy atom. The summed E-state index contributed by atoms with van der Waals surface area (Å²) in [6.45, 7) is 0.216. The van der Waals surface area contributed by atoms with Crippen LogP contribution in [0.5, 0.6) is 0 Å². The Hall–Kier alpha value is -2.73. The second-order valence-electron chi connectivity index (χ2n) is 5.77. The van der Waals surface area contributed by atoms with Crippen LogP contribution in [-0.4, -0.2) is 36.2 Å². The summed E-state index contributed by atoms with van der Waals surface area (Å²) in [4.78, 5) is 41.4. The van der Waals surface area contributed by atoms with E-state index in [1.165, 1.54) is 12.3 Å². The predicted molar refractivity (Wildman–Crippen MR) is 94.1 cm³/mol. The molecule has 2 amide bonds. The van der Waals surface area contributed by atoms with Crippen molar-refractivity contribution in [1.82, 2.24) is 10.3 Å². The summed E-state index contributed by atoms with van der Waals surface area (Å²) in [5.74, 6) is -0.376. The molecule has 1 aromatic carbocycles. The van der Waals surface area contributed by atoms with Gasteiger partial charge in [-0.1, -0.05) is 11.6 Å². The fourth-order valence-electron chi connectivity index (χ4n) is 2.72. The van der Waals surface area contributed by atoms with Crippen LogP contribution in [0.15, 0.2) is 36.5 Å². The first-order valence-electron chi connectivity index (χ1n) is 7.78. The lowest BCUT2D eigenvalue weighted by Gasteiger charge is -2.10. The SMILES string of the molecule is CN1C(=O)Cc2cc(C(=O)CCNC(=O)c3ccnc(Cl)c3)ccc21. The minimum absolute atomic E-state index is 0.0166. The Kier molecular flexibility index (Phi) is 4.81. The van der Waals surface area contributed by atoms with Crippen molar-refractivity contribution in [3.63, 3.8) is 0 Å². The zero-order valence-corrected chi connectivity index (χ0v) is 14.3. The number of hydrogen-bond acceptors (Lipinski definition) is 4. The Morgan fingerprint density at radius 1 is 1.24 bits per heavy atom. The number of benzene rings is 1. The average molecular weight is 358 g/mol. The lowest BCUT2D eigenvalue weighted by Crippen LogP contribution is -2.26. The molecule has 1 aliphatic rings. The lowest BCUT2D eigenvalue weighted by molar-refractivity contribution is -0.117. The molecule has 25 heavy (non-hydrogen) atoms. The van der Waals surface area contributed by atoms with E-state index in [1.54, 1.807) is 36.2 Å². The van der Waals surface area contributed by atoms with E-state index in [9.17, 15) is 14.4 Å². The number of nitrogens with one attached hydrogen (secondary N) is 1. The number of aromatic nitrogens is 1. The third-order valence-electron chi connectivity index (χ3n) is 4.10. The van der Waals surface area contributed by atoms with Crippen molar-refractivity contribution in [2.24, 2.45) is 0 Å². The van der Waals surface area contributed by atoms with Crippen LogP contribution in [0, 0.1) is 0 Å². The molecular weight excluding hydrogens is 342 g/mol. The Labute approximate surface area is 149 Å². The van der Waals surface area contributed by atoms with Crippen molar-refractivity contribution in [2.45, 2.75) is 12.8 Å². The standard InChI is InChI=1S/C18H16ClN3O3/c1-22-14-3-2-11(8-13(14)10-17(22)24)15(23)5-7-21-18(25)12-4-6-20-16(19)9-12/h2-4,6,8-9H,5,7,10H2,1H3,(H,21,25). The predicted octanol–water partition coefficient (Wildman–Crippen LogP) is 2.26. The fraction of sp³-hybridized carbons (Fsp3) is 0.222. The van der Waals surface area contributed by atoms with E-state index in [0.717, 1.165) is 11.3 Å². The lowest BCUT2D eigenvalue weighted by atomic mass is 10.0. The molecule has 0 saturated carbocycles. The summed E-state index contributed by atoms with van der Waals surface area (Å²) < 4.78 is 0. The summed E-state index contributed by atoms with van der Waals surface area (Å²) in [6, 6.07) is 8.26. The number of carbonyl (C=O) groups excluding carboxylic acids is 3. The maximum absolute atomic E-state index is 12.3. The molecule has 6 nitrogen and oxygen atoms in total. The van der Waals surface area contributed by atoms with Crippen LogP contribution in [0.25, 0.3) is 0 Å². The molecule has 1 aromatic heterocycles. The van der Waals surface area contributed by atoms with Gasteiger partial charge in [-0.2, -0.15) is 0 Å². The summed E-state index contributed by atoms with van der Waals surface area (Å²) in [5, 5.41) is 2.92. The van der Waals surface area contributed by atoms with Crippen molar-refractivity contribution in [3.8, 4) is 0 Å². The maximum atomic E-state index is 12.3. The van der Waals surface area contributed by atoms with Crippen molar-refractivity contribution in [1.29, 1.82) is 0 Å². The van der Waals surface area contributed by atoms with Crippen LogP contribution in [0.3, 0.4) is 0 Å². The molecule has 7 heteroatoms. The van der Waals surface area contributed by atoms with Gasteiger partial charge in [0, 0.05) is 43.0 Å². The minimum Gasteiger partial charge on any atom is -0.352 e. The maximum Gasteiger partial charge on any atom is 0.251 e. The number of pyridine rings is 1. The normalized spacial score (nSPS) is 12.9. The highest BCUT2D eigenvalue weighted by Gasteiger charge is 2.24. The highest BCUT2D eigenvalue weighted by molar-refractivity contribution is 6.29. The molecule has 128 valence electrons. The number of anilines is 1. The molecule has 0 atom stereocenters. The van der Waals surface area contributed by atoms with Crippen LogP contribution < -0.4 is 10.2 Å². The smallest absolute Gasteiger partial charge is 0.251 e. The summed E-state index contributed by atoms with van der Waals surface area (Å²) >= 11 is 5.75. The minimum atomic E-state index is -0.307. The Balaban J connectivity index is 1.58. The molecule has 0 spiro atoms. The third-order valence-corrected chi connectivity index (χ3v) is 4.31. The molecule has 0 unspecified atom stereocenters. The van der Waals surface area contributed by atoms with Crippen LogP contribution in [0.4, 0.5) is 5.69 Å². The van der Waals surface area contributed by atoms with Crippen molar-refractivity contribution in [2.75, 3.05) is 18.5 Å². The summed E-state index contributed by atoms with van der Waals surface area (Å²) in [6.07, 6.45) is 1.94. The van der Waals surface area contributed by atoms with Gasteiger partial charge in [0.1, 0.15) is 5.15 Å². The molecule has 0 aliphatic carbocycles. The van der Waals surface area contributed by atoms with Gasteiger partial charge in [-0.3, -0.25) is 14.4 Å². The van der Waals surface area contributed by atoms with Crippen molar-refractivity contribution in [3.05, 3.63) is 58.4 Å². The fourth-order valence-corrected chi connectivity index (χ4v) is 2.90. The number of hydrogen-bond donors (Lipinski definition) is 1. The van der Waals surface area contributed by atoms with Gasteiger partial charge >= 0.3 is 0 Å². The monoisotopic (exact) mass is 357 g/mol. The number of nitrogens with zero attached hydrogens (tertiary/aromatic N) is 2. The number of halogens is 1. The number of Topliss-reactive ketones (excluding diaryl/α,β-unsaturated/α-hetero) is 1. The number of fused-ring (bicyclic) bond motifs is 1. The van der Waals surface area contributed by atoms with Crippen LogP contribution in [-0.2, 0) is 11.2 Å². The highest BCUT2D eigenvalue weighted by Crippen LogP contribution is 2.28. The Morgan fingerprint density at radius 2 is 2.04 bits per heavy atom. The summed E-state index contributed by atoms with van der Waals surface area (Å²) in [5.41, 5.74) is 2.63. The Bertz CT molecular complexity index is 866. The molecule has 0 radical (unpaired) electrons. The van der Waals surface area contributed by atoms with Crippen LogP contribution in [0.1, 0.15) is 32.7 Å². The van der Waals surface area contributed by atoms with Gasteiger partial charge in [-0.25, -0.2) is 4.98 Å². The van der Waals surface area contributed by atoms with Crippen molar-refractivity contribution >= 4 is 34.9 Å². The molecule has 1 N–H and O–H groups in total. The van der Waals surface area contributed by atoms with Gasteiger partial charge in [-0.05, 0) is 35.9 Å². The molecule has 3 rings (SSSR count). The van der Waals surface area contributed by atoms with Crippen LogP contribution >= 0.6 is 11.6 Å². The van der Waals surface area contributed by atoms with E-state index in [1.807, 2.05) is 0 Å². The second-order valence-corrected chi connectivity index (χ2v) is 6.16. The first-order chi connectivity index (χ1) is 12.0. The van der Waals surface area contributed by atoms with Gasteiger partial charge in [-0.15, -0.1) is 0 Å². The number of rotatable bonds is 5. The van der Waals surface area contributed by atoms with Gasteiger partial charge in [0.2, 0.25) is 5.91 Å². The van der Waals surface area contributed by atoms with E-state index < -0.39 is 0 Å². The van der Waals surface area contributed by atoms with Gasteiger partial charge in [0.25, 0.3) is 5.91 Å². The topological polar surface area (TPSA) is 79.4 Å². The first kappa shape index (κ1) is 17.1. The zero-order valence-electron chi connectivity index (χ0n) is 13.6.